The lowest BCUT2D eigenvalue weighted by Gasteiger charge is -2.11. The first-order chi connectivity index (χ1) is 17.5. The van der Waals surface area contributed by atoms with Crippen LogP contribution in [0.4, 0.5) is 23.0 Å². The van der Waals surface area contributed by atoms with Crippen LogP contribution in [0.1, 0.15) is 11.3 Å². The SMILES string of the molecule is Cc1ccc(NNc2nc3nonc3nc2N/N=C/c2ccc(-c3cc([N+](=O)[O-])ccc3Cl)o2)cc1. The minimum Gasteiger partial charge on any atom is -0.455 e. The fourth-order valence-corrected chi connectivity index (χ4v) is 3.32. The van der Waals surface area contributed by atoms with E-state index in [0.29, 0.717) is 27.9 Å². The van der Waals surface area contributed by atoms with Crippen molar-refractivity contribution in [1.82, 2.24) is 20.3 Å². The van der Waals surface area contributed by atoms with E-state index >= 15 is 0 Å². The van der Waals surface area contributed by atoms with E-state index in [2.05, 4.69) is 41.7 Å². The van der Waals surface area contributed by atoms with Crippen LogP contribution >= 0.6 is 11.6 Å². The number of aryl methyl sites for hydroxylation is 1. The number of hydrazone groups is 1. The molecule has 0 radical (unpaired) electrons. The summed E-state index contributed by atoms with van der Waals surface area (Å²) in [6, 6.07) is 15.1. The number of nitrogens with zero attached hydrogens (tertiary/aromatic N) is 6. The van der Waals surface area contributed by atoms with Gasteiger partial charge in [0.1, 0.15) is 11.5 Å². The highest BCUT2D eigenvalue weighted by Crippen LogP contribution is 2.32. The van der Waals surface area contributed by atoms with Crippen molar-refractivity contribution in [3.05, 3.63) is 81.1 Å². The van der Waals surface area contributed by atoms with Crippen molar-refractivity contribution in [3.63, 3.8) is 0 Å². The number of nitrogens with one attached hydrogen (secondary N) is 3. The fourth-order valence-electron chi connectivity index (χ4n) is 3.11. The number of hydrazine groups is 1. The van der Waals surface area contributed by atoms with Crippen molar-refractivity contribution >= 4 is 52.1 Å². The fraction of sp³-hybridized carbons (Fsp3) is 0.0455. The predicted octanol–water partition coefficient (Wildman–Crippen LogP) is 5.03. The van der Waals surface area contributed by atoms with Gasteiger partial charge in [-0.05, 0) is 47.6 Å². The minimum absolute atomic E-state index is 0.0988. The second kappa shape index (κ2) is 9.68. The lowest BCUT2D eigenvalue weighted by Crippen LogP contribution is -2.13. The van der Waals surface area contributed by atoms with Gasteiger partial charge in [0.05, 0.1) is 21.8 Å². The summed E-state index contributed by atoms with van der Waals surface area (Å²) in [5, 5.41) is 23.0. The van der Waals surface area contributed by atoms with Crippen LogP contribution in [0.3, 0.4) is 0 Å². The lowest BCUT2D eigenvalue weighted by atomic mass is 10.1. The average molecular weight is 506 g/mol. The van der Waals surface area contributed by atoms with Crippen molar-refractivity contribution in [3.8, 4) is 11.3 Å². The van der Waals surface area contributed by atoms with Crippen LogP contribution in [0.2, 0.25) is 5.02 Å². The van der Waals surface area contributed by atoms with Crippen molar-refractivity contribution < 1.29 is 14.0 Å². The van der Waals surface area contributed by atoms with Gasteiger partial charge in [0.2, 0.25) is 11.3 Å². The number of anilines is 3. The summed E-state index contributed by atoms with van der Waals surface area (Å²) < 4.78 is 10.4. The molecule has 0 bridgehead atoms. The molecule has 180 valence electrons. The van der Waals surface area contributed by atoms with Crippen molar-refractivity contribution in [2.75, 3.05) is 16.3 Å². The van der Waals surface area contributed by atoms with Gasteiger partial charge in [-0.25, -0.2) is 4.63 Å². The van der Waals surface area contributed by atoms with Gasteiger partial charge in [-0.15, -0.1) is 0 Å². The van der Waals surface area contributed by atoms with Crippen molar-refractivity contribution in [2.45, 2.75) is 6.92 Å². The zero-order chi connectivity index (χ0) is 25.1. The van der Waals surface area contributed by atoms with E-state index in [9.17, 15) is 10.1 Å². The Morgan fingerprint density at radius 3 is 2.50 bits per heavy atom. The summed E-state index contributed by atoms with van der Waals surface area (Å²) in [5.41, 5.74) is 11.4. The van der Waals surface area contributed by atoms with Gasteiger partial charge in [0.25, 0.3) is 5.69 Å². The molecule has 5 aromatic rings. The Hall–Kier alpha value is -5.04. The monoisotopic (exact) mass is 505 g/mol. The van der Waals surface area contributed by atoms with E-state index in [1.165, 1.54) is 24.4 Å². The van der Waals surface area contributed by atoms with Crippen LogP contribution in [0.5, 0.6) is 0 Å². The van der Waals surface area contributed by atoms with E-state index in [1.54, 1.807) is 12.1 Å². The summed E-state index contributed by atoms with van der Waals surface area (Å²) in [6.07, 6.45) is 1.40. The molecule has 0 fully saturated rings. The topological polar surface area (TPSA) is 169 Å². The zero-order valence-electron chi connectivity index (χ0n) is 18.5. The summed E-state index contributed by atoms with van der Waals surface area (Å²) >= 11 is 6.19. The number of halogens is 1. The summed E-state index contributed by atoms with van der Waals surface area (Å²) in [4.78, 5) is 19.2. The normalized spacial score (nSPS) is 11.2. The Morgan fingerprint density at radius 2 is 1.75 bits per heavy atom. The zero-order valence-corrected chi connectivity index (χ0v) is 19.2. The molecule has 36 heavy (non-hydrogen) atoms. The van der Waals surface area contributed by atoms with Gasteiger partial charge in [-0.1, -0.05) is 29.3 Å². The first-order valence-electron chi connectivity index (χ1n) is 10.4. The highest BCUT2D eigenvalue weighted by molar-refractivity contribution is 6.33. The van der Waals surface area contributed by atoms with Crippen molar-refractivity contribution in [1.29, 1.82) is 0 Å². The minimum atomic E-state index is -0.503. The Labute approximate surface area is 207 Å². The Kier molecular flexibility index (Phi) is 6.11. The van der Waals surface area contributed by atoms with E-state index in [0.717, 1.165) is 11.3 Å². The molecule has 3 heterocycles. The number of nitro groups is 1. The molecule has 0 amide bonds. The number of furan rings is 1. The van der Waals surface area contributed by atoms with Crippen LogP contribution in [-0.4, -0.2) is 31.4 Å². The number of hydrogen-bond donors (Lipinski definition) is 3. The third kappa shape index (κ3) is 4.90. The molecule has 0 spiro atoms. The van der Waals surface area contributed by atoms with E-state index < -0.39 is 4.92 Å². The highest BCUT2D eigenvalue weighted by Gasteiger charge is 2.15. The van der Waals surface area contributed by atoms with Gasteiger partial charge < -0.3 is 4.42 Å². The standard InChI is InChI=1S/C22H16ClN9O4/c1-12-2-4-13(5-3-12)27-29-20-19(25-21-22(26-20)31-36-30-21)28-24-11-15-7-9-18(35-15)16-10-14(32(33)34)6-8-17(16)23/h2-11,27H,1H3,(H,25,28,30)(H,26,29,31)/b24-11+. The van der Waals surface area contributed by atoms with Gasteiger partial charge in [0.15, 0.2) is 11.6 Å². The Bertz CT molecular complexity index is 1580. The predicted molar refractivity (Wildman–Crippen MR) is 133 cm³/mol. The summed E-state index contributed by atoms with van der Waals surface area (Å²) in [5.74, 6) is 1.25. The average Bonchev–Trinajstić information content (AvgIpc) is 3.53. The molecule has 0 aliphatic carbocycles. The molecule has 5 rings (SSSR count). The third-order valence-corrected chi connectivity index (χ3v) is 5.24. The molecule has 0 atom stereocenters. The summed E-state index contributed by atoms with van der Waals surface area (Å²) in [7, 11) is 0. The molecule has 0 saturated carbocycles. The van der Waals surface area contributed by atoms with Crippen LogP contribution in [0.15, 0.2) is 68.7 Å². The van der Waals surface area contributed by atoms with E-state index in [1.807, 2.05) is 31.2 Å². The molecule has 3 N–H and O–H groups in total. The highest BCUT2D eigenvalue weighted by atomic mass is 35.5. The van der Waals surface area contributed by atoms with Gasteiger partial charge in [0, 0.05) is 17.7 Å². The summed E-state index contributed by atoms with van der Waals surface area (Å²) in [6.45, 7) is 1.99. The number of benzene rings is 2. The molecule has 0 unspecified atom stereocenters. The number of fused-ring (bicyclic) bond motifs is 1. The molecule has 0 aliphatic heterocycles. The van der Waals surface area contributed by atoms with Gasteiger partial charge in [-0.2, -0.15) is 15.1 Å². The number of rotatable bonds is 8. The molecule has 2 aromatic carbocycles. The maximum atomic E-state index is 11.1. The van der Waals surface area contributed by atoms with Gasteiger partial charge >= 0.3 is 0 Å². The molecule has 14 heteroatoms. The molecular formula is C22H16ClN9O4. The first kappa shape index (κ1) is 22.7. The van der Waals surface area contributed by atoms with Crippen LogP contribution < -0.4 is 16.3 Å². The molecule has 0 saturated heterocycles. The second-order valence-electron chi connectivity index (χ2n) is 7.44. The van der Waals surface area contributed by atoms with E-state index in [-0.39, 0.29) is 22.8 Å². The van der Waals surface area contributed by atoms with Crippen LogP contribution in [0, 0.1) is 17.0 Å². The molecule has 0 aliphatic rings. The number of nitro benzene ring substituents is 1. The van der Waals surface area contributed by atoms with E-state index in [4.69, 9.17) is 20.6 Å². The molecule has 3 aromatic heterocycles. The van der Waals surface area contributed by atoms with Crippen molar-refractivity contribution in [2.24, 2.45) is 5.10 Å². The van der Waals surface area contributed by atoms with Crippen LogP contribution in [0.25, 0.3) is 22.6 Å². The largest absolute Gasteiger partial charge is 0.455 e. The number of aromatic nitrogens is 4. The maximum absolute atomic E-state index is 11.1. The molecule has 13 nitrogen and oxygen atoms in total. The Balaban J connectivity index is 1.34. The van der Waals surface area contributed by atoms with Gasteiger partial charge in [-0.3, -0.25) is 26.4 Å². The maximum Gasteiger partial charge on any atom is 0.270 e. The lowest BCUT2D eigenvalue weighted by molar-refractivity contribution is -0.384. The third-order valence-electron chi connectivity index (χ3n) is 4.91. The van der Waals surface area contributed by atoms with Crippen LogP contribution in [-0.2, 0) is 0 Å². The first-order valence-corrected chi connectivity index (χ1v) is 10.8. The smallest absolute Gasteiger partial charge is 0.270 e. The Morgan fingerprint density at radius 1 is 1.00 bits per heavy atom. The quantitative estimate of drug-likeness (QED) is 0.147. The number of hydrogen-bond acceptors (Lipinski definition) is 12. The number of non-ortho nitro benzene ring substituents is 1. The molecular weight excluding hydrogens is 490 g/mol. The second-order valence-corrected chi connectivity index (χ2v) is 7.85.